The van der Waals surface area contributed by atoms with Crippen molar-refractivity contribution in [3.05, 3.63) is 11.6 Å². The topological polar surface area (TPSA) is 106 Å². The van der Waals surface area contributed by atoms with Crippen molar-refractivity contribution in [2.45, 2.75) is 45.2 Å². The van der Waals surface area contributed by atoms with Gasteiger partial charge in [0.05, 0.1) is 19.0 Å². The zero-order valence-corrected chi connectivity index (χ0v) is 13.3. The van der Waals surface area contributed by atoms with Gasteiger partial charge in [-0.15, -0.1) is 10.2 Å². The quantitative estimate of drug-likeness (QED) is 0.755. The molecule has 8 nitrogen and oxygen atoms in total. The molecule has 2 amide bonds. The number of carbonyl (C=O) groups excluding carboxylic acids is 2. The van der Waals surface area contributed by atoms with Crippen LogP contribution in [0.25, 0.3) is 0 Å². The third-order valence-corrected chi connectivity index (χ3v) is 4.61. The minimum Gasteiger partial charge on any atom is -0.369 e. The van der Waals surface area contributed by atoms with Gasteiger partial charge in [0.1, 0.15) is 5.82 Å². The Balaban J connectivity index is 1.53. The van der Waals surface area contributed by atoms with E-state index >= 15 is 0 Å². The summed E-state index contributed by atoms with van der Waals surface area (Å²) in [5, 5.41) is 11.4. The molecule has 0 aromatic carbocycles. The fraction of sp³-hybridized carbons (Fsp3) is 0.733. The fourth-order valence-corrected chi connectivity index (χ4v) is 3.44. The number of nitrogens with two attached hydrogens (primary N) is 1. The Labute approximate surface area is 135 Å². The van der Waals surface area contributed by atoms with Crippen LogP contribution in [0.5, 0.6) is 0 Å². The Hall–Kier alpha value is -1.96. The maximum absolute atomic E-state index is 12.4. The number of aryl methyl sites for hydroxylation is 1. The zero-order valence-electron chi connectivity index (χ0n) is 13.3. The van der Waals surface area contributed by atoms with Crippen molar-refractivity contribution in [1.29, 1.82) is 0 Å². The molecule has 3 rings (SSSR count). The fourth-order valence-electron chi connectivity index (χ4n) is 3.44. The highest BCUT2D eigenvalue weighted by atomic mass is 16.2. The van der Waals surface area contributed by atoms with E-state index in [-0.39, 0.29) is 24.3 Å². The zero-order chi connectivity index (χ0) is 16.2. The number of amides is 2. The maximum atomic E-state index is 12.4. The van der Waals surface area contributed by atoms with Crippen LogP contribution >= 0.6 is 0 Å². The lowest BCUT2D eigenvalue weighted by Gasteiger charge is -2.30. The average molecular weight is 320 g/mol. The third-order valence-electron chi connectivity index (χ3n) is 4.61. The Morgan fingerprint density at radius 3 is 2.91 bits per heavy atom. The first-order chi connectivity index (χ1) is 11.1. The molecule has 3 heterocycles. The van der Waals surface area contributed by atoms with Gasteiger partial charge in [-0.1, -0.05) is 0 Å². The van der Waals surface area contributed by atoms with Gasteiger partial charge < -0.3 is 15.6 Å². The minimum absolute atomic E-state index is 0.0207. The maximum Gasteiger partial charge on any atom is 0.231 e. The van der Waals surface area contributed by atoms with E-state index in [1.807, 2.05) is 4.90 Å². The second kappa shape index (κ2) is 7.08. The smallest absolute Gasteiger partial charge is 0.231 e. The standard InChI is InChI=1S/C15H24N6O2/c16-12(22)10-20-6-3-4-11(9-20)15(23)17-8-14-19-18-13-5-1-2-7-21(13)14/h11H,1-10H2,(H2,16,22)(H,17,23). The molecule has 2 aliphatic rings. The molecule has 0 aliphatic carbocycles. The van der Waals surface area contributed by atoms with E-state index < -0.39 is 0 Å². The van der Waals surface area contributed by atoms with Gasteiger partial charge in [0, 0.05) is 19.5 Å². The molecule has 1 unspecified atom stereocenters. The molecular weight excluding hydrogens is 296 g/mol. The normalized spacial score (nSPS) is 21.7. The number of nitrogens with one attached hydrogen (secondary N) is 1. The average Bonchev–Trinajstić information content (AvgIpc) is 2.95. The van der Waals surface area contributed by atoms with Gasteiger partial charge in [-0.05, 0) is 32.2 Å². The van der Waals surface area contributed by atoms with Crippen LogP contribution in [-0.2, 0) is 29.1 Å². The number of piperidine rings is 1. The molecule has 0 spiro atoms. The van der Waals surface area contributed by atoms with Crippen LogP contribution < -0.4 is 11.1 Å². The van der Waals surface area contributed by atoms with E-state index in [0.717, 1.165) is 56.8 Å². The molecule has 126 valence electrons. The number of rotatable bonds is 5. The van der Waals surface area contributed by atoms with E-state index in [1.165, 1.54) is 0 Å². The SMILES string of the molecule is NC(=O)CN1CCCC(C(=O)NCc2nnc3n2CCCC3)C1. The summed E-state index contributed by atoms with van der Waals surface area (Å²) in [6.07, 6.45) is 5.01. The molecule has 3 N–H and O–H groups in total. The van der Waals surface area contributed by atoms with Gasteiger partial charge in [-0.25, -0.2) is 0 Å². The van der Waals surface area contributed by atoms with E-state index in [4.69, 9.17) is 5.73 Å². The highest BCUT2D eigenvalue weighted by Gasteiger charge is 2.26. The van der Waals surface area contributed by atoms with Gasteiger partial charge >= 0.3 is 0 Å². The van der Waals surface area contributed by atoms with Crippen molar-refractivity contribution < 1.29 is 9.59 Å². The third kappa shape index (κ3) is 3.87. The number of fused-ring (bicyclic) bond motifs is 1. The Morgan fingerprint density at radius 1 is 1.22 bits per heavy atom. The first-order valence-electron chi connectivity index (χ1n) is 8.33. The lowest BCUT2D eigenvalue weighted by Crippen LogP contribution is -2.45. The summed E-state index contributed by atoms with van der Waals surface area (Å²) in [4.78, 5) is 25.4. The van der Waals surface area contributed by atoms with Crippen LogP contribution in [0.15, 0.2) is 0 Å². The molecule has 0 saturated carbocycles. The summed E-state index contributed by atoms with van der Waals surface area (Å²) in [5.41, 5.74) is 5.23. The van der Waals surface area contributed by atoms with Crippen LogP contribution in [0, 0.1) is 5.92 Å². The molecule has 0 radical (unpaired) electrons. The monoisotopic (exact) mass is 320 g/mol. The lowest BCUT2D eigenvalue weighted by atomic mass is 9.97. The lowest BCUT2D eigenvalue weighted by molar-refractivity contribution is -0.128. The van der Waals surface area contributed by atoms with Crippen LogP contribution in [-0.4, -0.2) is 51.1 Å². The second-order valence-electron chi connectivity index (χ2n) is 6.40. The number of likely N-dealkylation sites (tertiary alicyclic amines) is 1. The van der Waals surface area contributed by atoms with Crippen molar-refractivity contribution in [3.8, 4) is 0 Å². The molecule has 2 aliphatic heterocycles. The van der Waals surface area contributed by atoms with Gasteiger partial charge in [0.25, 0.3) is 0 Å². The number of hydrogen-bond donors (Lipinski definition) is 2. The Bertz CT molecular complexity index is 585. The molecule has 23 heavy (non-hydrogen) atoms. The summed E-state index contributed by atoms with van der Waals surface area (Å²) in [6, 6.07) is 0. The van der Waals surface area contributed by atoms with E-state index in [9.17, 15) is 9.59 Å². The summed E-state index contributed by atoms with van der Waals surface area (Å²) in [7, 11) is 0. The molecule has 0 bridgehead atoms. The Morgan fingerprint density at radius 2 is 2.09 bits per heavy atom. The van der Waals surface area contributed by atoms with Crippen molar-refractivity contribution in [3.63, 3.8) is 0 Å². The summed E-state index contributed by atoms with van der Waals surface area (Å²) in [5.74, 6) is 1.43. The molecular formula is C15H24N6O2. The molecule has 1 atom stereocenters. The summed E-state index contributed by atoms with van der Waals surface area (Å²) in [6.45, 7) is 2.99. The molecule has 8 heteroatoms. The van der Waals surface area contributed by atoms with Crippen molar-refractivity contribution in [1.82, 2.24) is 25.0 Å². The largest absolute Gasteiger partial charge is 0.369 e. The van der Waals surface area contributed by atoms with Crippen molar-refractivity contribution in [2.24, 2.45) is 11.7 Å². The van der Waals surface area contributed by atoms with Gasteiger partial charge in [0.15, 0.2) is 5.82 Å². The van der Waals surface area contributed by atoms with Gasteiger partial charge in [0.2, 0.25) is 11.8 Å². The van der Waals surface area contributed by atoms with Gasteiger partial charge in [-0.2, -0.15) is 0 Å². The first-order valence-corrected chi connectivity index (χ1v) is 8.33. The number of primary amides is 1. The van der Waals surface area contributed by atoms with E-state index in [2.05, 4.69) is 20.1 Å². The van der Waals surface area contributed by atoms with Crippen molar-refractivity contribution >= 4 is 11.8 Å². The van der Waals surface area contributed by atoms with Crippen LogP contribution in [0.2, 0.25) is 0 Å². The predicted octanol–water partition coefficient (Wildman–Crippen LogP) is -0.572. The van der Waals surface area contributed by atoms with Gasteiger partial charge in [-0.3, -0.25) is 14.5 Å². The highest BCUT2D eigenvalue weighted by Crippen LogP contribution is 2.17. The molecule has 1 aromatic rings. The molecule has 1 fully saturated rings. The molecule has 1 aromatic heterocycles. The highest BCUT2D eigenvalue weighted by molar-refractivity contribution is 5.79. The molecule has 1 saturated heterocycles. The minimum atomic E-state index is -0.346. The van der Waals surface area contributed by atoms with E-state index in [1.54, 1.807) is 0 Å². The predicted molar refractivity (Wildman–Crippen MR) is 83.2 cm³/mol. The summed E-state index contributed by atoms with van der Waals surface area (Å²) < 4.78 is 2.12. The number of carbonyl (C=O) groups is 2. The second-order valence-corrected chi connectivity index (χ2v) is 6.40. The van der Waals surface area contributed by atoms with Crippen LogP contribution in [0.4, 0.5) is 0 Å². The number of hydrogen-bond acceptors (Lipinski definition) is 5. The van der Waals surface area contributed by atoms with E-state index in [0.29, 0.717) is 13.1 Å². The summed E-state index contributed by atoms with van der Waals surface area (Å²) >= 11 is 0. The number of nitrogens with zero attached hydrogens (tertiary/aromatic N) is 4. The van der Waals surface area contributed by atoms with Crippen LogP contribution in [0.3, 0.4) is 0 Å². The van der Waals surface area contributed by atoms with Crippen LogP contribution in [0.1, 0.15) is 37.3 Å². The Kier molecular flexibility index (Phi) is 4.90. The van der Waals surface area contributed by atoms with Crippen molar-refractivity contribution in [2.75, 3.05) is 19.6 Å². The first kappa shape index (κ1) is 15.9. The number of aromatic nitrogens is 3.